The second-order valence-corrected chi connectivity index (χ2v) is 3.09. The second kappa shape index (κ2) is 28.1. The number of carboxylic acids is 4. The molecule has 0 bridgehead atoms. The van der Waals surface area contributed by atoms with Gasteiger partial charge in [-0.05, 0) is 0 Å². The quantitative estimate of drug-likeness (QED) is 0.280. The fourth-order valence-corrected chi connectivity index (χ4v) is 0. The van der Waals surface area contributed by atoms with Gasteiger partial charge in [-0.15, -0.1) is 46.4 Å². The van der Waals surface area contributed by atoms with Gasteiger partial charge in [0, 0.05) is 0 Å². The van der Waals surface area contributed by atoms with Crippen LogP contribution in [0, 0.1) is 0 Å². The Hall–Kier alpha value is -0.161. The molecule has 0 aromatic heterocycles. The molecule has 0 fully saturated rings. The molecule has 0 rings (SSSR count). The van der Waals surface area contributed by atoms with Gasteiger partial charge >= 0.3 is 23.9 Å². The Morgan fingerprint density at radius 3 is 0.571 bits per heavy atom. The van der Waals surface area contributed by atoms with Crippen LogP contribution in [0.2, 0.25) is 0 Å². The summed E-state index contributed by atoms with van der Waals surface area (Å²) in [5, 5.41) is 36.5. The summed E-state index contributed by atoms with van der Waals surface area (Å²) in [7, 11) is 0. The van der Waals surface area contributed by atoms with E-state index in [9.17, 15) is 0 Å². The standard InChI is InChI=1S/4C2H3ClO2.Sn/c4*3-1-2(4)5;/h4*1H2,(H,4,5);/q;;;;+4/p-4. The number of halogens is 4. The molecule has 0 aliphatic carbocycles. The third-order valence-electron chi connectivity index (χ3n) is 0.436. The molecule has 0 saturated carbocycles. The first-order chi connectivity index (χ1) is 9.08. The molecule has 13 heteroatoms. The summed E-state index contributed by atoms with van der Waals surface area (Å²) in [6.45, 7) is 0. The van der Waals surface area contributed by atoms with Crippen molar-refractivity contribution >= 4 is 94.2 Å². The fourth-order valence-electron chi connectivity index (χ4n) is 0. The van der Waals surface area contributed by atoms with Gasteiger partial charge in [-0.3, -0.25) is 0 Å². The van der Waals surface area contributed by atoms with E-state index in [2.05, 4.69) is 46.4 Å². The van der Waals surface area contributed by atoms with Crippen molar-refractivity contribution in [3.05, 3.63) is 0 Å². The van der Waals surface area contributed by atoms with Gasteiger partial charge in [-0.2, -0.15) is 0 Å². The van der Waals surface area contributed by atoms with Crippen LogP contribution in [0.15, 0.2) is 0 Å². The van der Waals surface area contributed by atoms with Crippen LogP contribution in [0.3, 0.4) is 0 Å². The smallest absolute Gasteiger partial charge is 0.549 e. The first-order valence-electron chi connectivity index (χ1n) is 4.12. The number of hydrogen-bond donors (Lipinski definition) is 0. The minimum absolute atomic E-state index is 0. The van der Waals surface area contributed by atoms with E-state index in [4.69, 9.17) is 39.6 Å². The molecule has 0 saturated heterocycles. The van der Waals surface area contributed by atoms with E-state index in [1.807, 2.05) is 0 Å². The minimum atomic E-state index is -1.23. The number of alkyl halides is 4. The van der Waals surface area contributed by atoms with Gasteiger partial charge in [-0.1, -0.05) is 0 Å². The number of aliphatic carboxylic acids is 4. The summed E-state index contributed by atoms with van der Waals surface area (Å²) >= 11 is 18.7. The molecule has 0 N–H and O–H groups in total. The van der Waals surface area contributed by atoms with Crippen molar-refractivity contribution in [1.82, 2.24) is 0 Å². The number of hydrogen-bond acceptors (Lipinski definition) is 8. The van der Waals surface area contributed by atoms with E-state index in [0.29, 0.717) is 0 Å². The van der Waals surface area contributed by atoms with Gasteiger partial charge in [0.2, 0.25) is 0 Å². The Labute approximate surface area is 156 Å². The molecule has 0 aromatic rings. The maximum absolute atomic E-state index is 9.12. The van der Waals surface area contributed by atoms with Gasteiger partial charge < -0.3 is 39.6 Å². The van der Waals surface area contributed by atoms with Crippen molar-refractivity contribution in [3.63, 3.8) is 0 Å². The zero-order valence-electron chi connectivity index (χ0n) is 10.1. The monoisotopic (exact) mass is 492 g/mol. The van der Waals surface area contributed by atoms with Gasteiger partial charge in [-0.25, -0.2) is 0 Å². The molecule has 0 aliphatic heterocycles. The molecule has 0 radical (unpaired) electrons. The van der Waals surface area contributed by atoms with E-state index in [1.165, 1.54) is 0 Å². The molecule has 0 aliphatic rings. The summed E-state index contributed by atoms with van der Waals surface area (Å²) in [5.74, 6) is -6.59. The summed E-state index contributed by atoms with van der Waals surface area (Å²) in [4.78, 5) is 36.5. The normalized spacial score (nSPS) is 7.05. The van der Waals surface area contributed by atoms with Crippen LogP contribution >= 0.6 is 46.4 Å². The molecular weight excluding hydrogens is 485 g/mol. The molecule has 0 unspecified atom stereocenters. The van der Waals surface area contributed by atoms with Crippen LogP contribution in [0.25, 0.3) is 0 Å². The zero-order chi connectivity index (χ0) is 17.1. The number of rotatable bonds is 4. The molecule has 0 heterocycles. The summed E-state index contributed by atoms with van der Waals surface area (Å²) in [6, 6.07) is 0. The van der Waals surface area contributed by atoms with Gasteiger partial charge in [0.25, 0.3) is 0 Å². The molecule has 8 nitrogen and oxygen atoms in total. The van der Waals surface area contributed by atoms with Crippen LogP contribution in [-0.2, 0) is 19.2 Å². The van der Waals surface area contributed by atoms with E-state index in [0.717, 1.165) is 0 Å². The predicted octanol–water partition coefficient (Wildman–Crippen LogP) is -4.48. The third kappa shape index (κ3) is 103. The molecular formula is C8H8Cl4O8Sn. The van der Waals surface area contributed by atoms with Crippen molar-refractivity contribution in [3.8, 4) is 0 Å². The zero-order valence-corrected chi connectivity index (χ0v) is 16.0. The number of carboxylic acid groups (broad SMARTS) is 4. The summed E-state index contributed by atoms with van der Waals surface area (Å²) in [6.07, 6.45) is 0. The topological polar surface area (TPSA) is 161 Å². The van der Waals surface area contributed by atoms with Gasteiger partial charge in [0.15, 0.2) is 0 Å². The van der Waals surface area contributed by atoms with Crippen LogP contribution < -0.4 is 20.4 Å². The number of carbonyl (C=O) groups excluding carboxylic acids is 4. The van der Waals surface area contributed by atoms with E-state index >= 15 is 0 Å². The van der Waals surface area contributed by atoms with Crippen molar-refractivity contribution in [2.75, 3.05) is 23.5 Å². The van der Waals surface area contributed by atoms with Crippen molar-refractivity contribution in [2.45, 2.75) is 0 Å². The SMILES string of the molecule is O=C([O-])CCl.O=C([O-])CCl.O=C([O-])CCl.O=C([O-])CCl.[Sn+4]. The number of carbonyl (C=O) groups is 4. The Morgan fingerprint density at radius 1 is 0.524 bits per heavy atom. The average molecular weight is 493 g/mol. The van der Waals surface area contributed by atoms with E-state index < -0.39 is 47.4 Å². The molecule has 0 atom stereocenters. The van der Waals surface area contributed by atoms with Crippen LogP contribution in [0.5, 0.6) is 0 Å². The van der Waals surface area contributed by atoms with Crippen molar-refractivity contribution in [1.29, 1.82) is 0 Å². The van der Waals surface area contributed by atoms with Gasteiger partial charge in [0.1, 0.15) is 0 Å². The van der Waals surface area contributed by atoms with Crippen LogP contribution in [-0.4, -0.2) is 71.3 Å². The second-order valence-electron chi connectivity index (χ2n) is 2.02. The molecule has 0 amide bonds. The Kier molecular flexibility index (Phi) is 43.7. The van der Waals surface area contributed by atoms with Crippen molar-refractivity contribution < 1.29 is 39.6 Å². The fraction of sp³-hybridized carbons (Fsp3) is 0.500. The molecule has 120 valence electrons. The Bertz CT molecular complexity index is 233. The van der Waals surface area contributed by atoms with Crippen LogP contribution in [0.1, 0.15) is 0 Å². The maximum atomic E-state index is 9.12. The average Bonchev–Trinajstić information content (AvgIpc) is 2.40. The maximum Gasteiger partial charge on any atom is 4.00 e. The largest absolute Gasteiger partial charge is 4.00 e. The Morgan fingerprint density at radius 2 is 0.571 bits per heavy atom. The van der Waals surface area contributed by atoms with E-state index in [-0.39, 0.29) is 23.9 Å². The van der Waals surface area contributed by atoms with Crippen molar-refractivity contribution in [2.24, 2.45) is 0 Å². The molecule has 21 heavy (non-hydrogen) atoms. The first kappa shape index (κ1) is 32.7. The summed E-state index contributed by atoms with van der Waals surface area (Å²) < 4.78 is 0. The minimum Gasteiger partial charge on any atom is -0.549 e. The third-order valence-corrected chi connectivity index (χ3v) is 1.31. The molecule has 0 spiro atoms. The first-order valence-corrected chi connectivity index (χ1v) is 6.25. The predicted molar refractivity (Wildman–Crippen MR) is 68.7 cm³/mol. The molecule has 0 aromatic carbocycles. The Balaban J connectivity index is -0.0000000533. The van der Waals surface area contributed by atoms with Crippen LogP contribution in [0.4, 0.5) is 0 Å². The summed E-state index contributed by atoms with van der Waals surface area (Å²) in [5.41, 5.74) is 0. The van der Waals surface area contributed by atoms with Gasteiger partial charge in [0.05, 0.1) is 47.4 Å². The van der Waals surface area contributed by atoms with E-state index in [1.54, 1.807) is 0 Å².